The molecule has 0 radical (unpaired) electrons. The third-order valence-electron chi connectivity index (χ3n) is 4.02. The first-order valence-electron chi connectivity index (χ1n) is 7.84. The lowest BCUT2D eigenvalue weighted by Crippen LogP contribution is -2.13. The van der Waals surface area contributed by atoms with Crippen LogP contribution in [0.25, 0.3) is 5.57 Å². The zero-order valence-electron chi connectivity index (χ0n) is 15.3. The van der Waals surface area contributed by atoms with Crippen molar-refractivity contribution in [3.8, 4) is 0 Å². The summed E-state index contributed by atoms with van der Waals surface area (Å²) >= 11 is 0. The second-order valence-corrected chi connectivity index (χ2v) is 5.60. The summed E-state index contributed by atoms with van der Waals surface area (Å²) < 4.78 is 11.0. The molecule has 0 N–H and O–H groups in total. The molecule has 0 saturated carbocycles. The van der Waals surface area contributed by atoms with Gasteiger partial charge in [0.25, 0.3) is 0 Å². The van der Waals surface area contributed by atoms with Gasteiger partial charge in [0.15, 0.2) is 11.5 Å². The fraction of sp³-hybridized carbons (Fsp3) is 0.263. The van der Waals surface area contributed by atoms with Gasteiger partial charge in [-0.25, -0.2) is 9.59 Å². The lowest BCUT2D eigenvalue weighted by Gasteiger charge is -2.14. The van der Waals surface area contributed by atoms with E-state index in [4.69, 9.17) is 9.47 Å². The van der Waals surface area contributed by atoms with Crippen molar-refractivity contribution in [2.24, 2.45) is 7.05 Å². The highest BCUT2D eigenvalue weighted by atomic mass is 16.5. The van der Waals surface area contributed by atoms with Crippen molar-refractivity contribution in [1.82, 2.24) is 9.78 Å². The Labute approximate surface area is 151 Å². The van der Waals surface area contributed by atoms with Crippen LogP contribution in [0.5, 0.6) is 0 Å². The molecule has 0 saturated heterocycles. The van der Waals surface area contributed by atoms with E-state index in [2.05, 4.69) is 5.10 Å². The molecule has 2 rings (SSSR count). The van der Waals surface area contributed by atoms with Crippen LogP contribution in [0, 0.1) is 0 Å². The van der Waals surface area contributed by atoms with Gasteiger partial charge in [-0.05, 0) is 19.4 Å². The number of aromatic nitrogens is 2. The molecule has 0 unspecified atom stereocenters. The van der Waals surface area contributed by atoms with E-state index in [0.717, 1.165) is 0 Å². The van der Waals surface area contributed by atoms with E-state index in [1.54, 1.807) is 14.0 Å². The fourth-order valence-electron chi connectivity index (χ4n) is 2.66. The largest absolute Gasteiger partial charge is 0.465 e. The van der Waals surface area contributed by atoms with Crippen molar-refractivity contribution in [3.63, 3.8) is 0 Å². The van der Waals surface area contributed by atoms with E-state index in [-0.39, 0.29) is 17.0 Å². The molecule has 7 heteroatoms. The number of carbonyl (C=O) groups is 3. The van der Waals surface area contributed by atoms with Crippen molar-refractivity contribution >= 4 is 23.3 Å². The predicted octanol–water partition coefficient (Wildman–Crippen LogP) is 2.40. The van der Waals surface area contributed by atoms with Crippen LogP contribution in [0.1, 0.15) is 46.0 Å². The summed E-state index contributed by atoms with van der Waals surface area (Å²) in [5.74, 6) is -1.67. The molecular weight excluding hydrogens is 336 g/mol. The molecule has 0 aliphatic heterocycles. The number of hydrogen-bond donors (Lipinski definition) is 0. The topological polar surface area (TPSA) is 87.5 Å². The molecule has 1 aromatic carbocycles. The van der Waals surface area contributed by atoms with Crippen LogP contribution in [0.4, 0.5) is 0 Å². The summed E-state index contributed by atoms with van der Waals surface area (Å²) in [6.07, 6.45) is 0. The Kier molecular flexibility index (Phi) is 5.71. The molecule has 136 valence electrons. The van der Waals surface area contributed by atoms with Gasteiger partial charge < -0.3 is 9.47 Å². The number of Topliss-reactive ketones (excluding diaryl/α,β-unsaturated/α-hetero) is 1. The highest BCUT2D eigenvalue weighted by Crippen LogP contribution is 2.32. The van der Waals surface area contributed by atoms with E-state index < -0.39 is 11.9 Å². The molecule has 7 nitrogen and oxygen atoms in total. The van der Waals surface area contributed by atoms with Gasteiger partial charge in [0.2, 0.25) is 0 Å². The van der Waals surface area contributed by atoms with Gasteiger partial charge in [-0.15, -0.1) is 0 Å². The van der Waals surface area contributed by atoms with Crippen LogP contribution in [-0.2, 0) is 21.3 Å². The second-order valence-electron chi connectivity index (χ2n) is 5.60. The molecule has 26 heavy (non-hydrogen) atoms. The zero-order chi connectivity index (χ0) is 19.4. The summed E-state index contributed by atoms with van der Waals surface area (Å²) in [4.78, 5) is 36.6. The highest BCUT2D eigenvalue weighted by molar-refractivity contribution is 6.10. The maximum Gasteiger partial charge on any atom is 0.359 e. The summed E-state index contributed by atoms with van der Waals surface area (Å²) in [5.41, 5.74) is 1.76. The number of carbonyl (C=O) groups excluding carboxylic acids is 3. The van der Waals surface area contributed by atoms with Crippen LogP contribution in [0.2, 0.25) is 0 Å². The van der Waals surface area contributed by atoms with E-state index >= 15 is 0 Å². The van der Waals surface area contributed by atoms with E-state index in [1.165, 1.54) is 25.8 Å². The number of rotatable bonds is 5. The molecule has 0 bridgehead atoms. The Morgan fingerprint density at radius 1 is 0.962 bits per heavy atom. The first kappa shape index (κ1) is 19.1. The first-order valence-corrected chi connectivity index (χ1v) is 7.84. The molecule has 1 heterocycles. The Bertz CT molecular complexity index is 894. The van der Waals surface area contributed by atoms with Gasteiger partial charge >= 0.3 is 11.9 Å². The number of nitrogens with zero attached hydrogens (tertiary/aromatic N) is 2. The van der Waals surface area contributed by atoms with Crippen LogP contribution in [-0.4, -0.2) is 41.7 Å². The zero-order valence-corrected chi connectivity index (χ0v) is 15.3. The van der Waals surface area contributed by atoms with Crippen molar-refractivity contribution in [2.75, 3.05) is 14.2 Å². The number of benzene rings is 1. The third kappa shape index (κ3) is 3.42. The molecule has 2 aromatic rings. The Balaban J connectivity index is 2.92. The van der Waals surface area contributed by atoms with Crippen LogP contribution < -0.4 is 0 Å². The number of allylic oxidation sites excluding steroid dienone is 1. The molecule has 0 amide bonds. The normalized spacial score (nSPS) is 11.6. The number of ketones is 1. The summed E-state index contributed by atoms with van der Waals surface area (Å²) in [5, 5.41) is 4.13. The van der Waals surface area contributed by atoms with Gasteiger partial charge in [-0.2, -0.15) is 5.10 Å². The minimum Gasteiger partial charge on any atom is -0.465 e. The van der Waals surface area contributed by atoms with Gasteiger partial charge in [0, 0.05) is 18.2 Å². The molecule has 0 aliphatic rings. The Morgan fingerprint density at radius 2 is 1.54 bits per heavy atom. The predicted molar refractivity (Wildman–Crippen MR) is 94.7 cm³/mol. The lowest BCUT2D eigenvalue weighted by atomic mass is 9.93. The minimum atomic E-state index is -0.764. The van der Waals surface area contributed by atoms with Gasteiger partial charge in [0.05, 0.1) is 19.9 Å². The minimum absolute atomic E-state index is 0.0405. The van der Waals surface area contributed by atoms with Gasteiger partial charge in [-0.1, -0.05) is 30.3 Å². The SMILES string of the molecule is COC(=O)c1nn(C)c(/C(=C(/C)C(C)=O)c2ccccc2)c1C(=O)OC. The maximum atomic E-state index is 12.4. The Hall–Kier alpha value is -3.22. The smallest absolute Gasteiger partial charge is 0.359 e. The van der Waals surface area contributed by atoms with Gasteiger partial charge in [0.1, 0.15) is 5.56 Å². The van der Waals surface area contributed by atoms with Crippen LogP contribution >= 0.6 is 0 Å². The van der Waals surface area contributed by atoms with E-state index in [0.29, 0.717) is 22.4 Å². The average molecular weight is 356 g/mol. The van der Waals surface area contributed by atoms with Crippen LogP contribution in [0.15, 0.2) is 35.9 Å². The quantitative estimate of drug-likeness (QED) is 0.604. The molecule has 0 atom stereocenters. The maximum absolute atomic E-state index is 12.4. The summed E-state index contributed by atoms with van der Waals surface area (Å²) in [6.45, 7) is 3.10. The monoisotopic (exact) mass is 356 g/mol. The first-order chi connectivity index (χ1) is 12.3. The average Bonchev–Trinajstić information content (AvgIpc) is 2.98. The summed E-state index contributed by atoms with van der Waals surface area (Å²) in [7, 11) is 4.00. The molecule has 0 spiro atoms. The Morgan fingerprint density at radius 3 is 2.04 bits per heavy atom. The van der Waals surface area contributed by atoms with Crippen molar-refractivity contribution in [3.05, 3.63) is 58.4 Å². The molecule has 0 aliphatic carbocycles. The number of aryl methyl sites for hydroxylation is 1. The van der Waals surface area contributed by atoms with Crippen molar-refractivity contribution in [2.45, 2.75) is 13.8 Å². The number of methoxy groups -OCH3 is 2. The molecular formula is C19H20N2O5. The summed E-state index contributed by atoms with van der Waals surface area (Å²) in [6, 6.07) is 9.10. The third-order valence-corrected chi connectivity index (χ3v) is 4.02. The number of hydrogen-bond acceptors (Lipinski definition) is 6. The number of esters is 2. The lowest BCUT2D eigenvalue weighted by molar-refractivity contribution is -0.113. The van der Waals surface area contributed by atoms with E-state index in [1.807, 2.05) is 30.3 Å². The molecule has 1 aromatic heterocycles. The molecule has 0 fully saturated rings. The standard InChI is InChI=1S/C19H20N2O5/c1-11(12(2)22)14(13-9-7-6-8-10-13)17-15(18(23)25-4)16(19(24)26-5)20-21(17)3/h6-10H,1-5H3/b14-11-. The second kappa shape index (κ2) is 7.77. The fourth-order valence-corrected chi connectivity index (χ4v) is 2.66. The van der Waals surface area contributed by atoms with Crippen molar-refractivity contribution < 1.29 is 23.9 Å². The number of ether oxygens (including phenoxy) is 2. The van der Waals surface area contributed by atoms with E-state index in [9.17, 15) is 14.4 Å². The highest BCUT2D eigenvalue weighted by Gasteiger charge is 2.31. The van der Waals surface area contributed by atoms with Gasteiger partial charge in [-0.3, -0.25) is 9.48 Å². The van der Waals surface area contributed by atoms with Crippen LogP contribution in [0.3, 0.4) is 0 Å². The van der Waals surface area contributed by atoms with Crippen molar-refractivity contribution in [1.29, 1.82) is 0 Å².